The van der Waals surface area contributed by atoms with Gasteiger partial charge >= 0.3 is 6.09 Å². The second-order valence-corrected chi connectivity index (χ2v) is 8.69. The van der Waals surface area contributed by atoms with Crippen LogP contribution in [0.15, 0.2) is 53.7 Å². The number of oxime groups is 1. The standard InChI is InChI=1S/C26H31N3O6/c1-32-22-8-6-21(7-9-22)17-34-28-14-2-3-20-4-10-23(11-5-20)33-18-24(30)29-15-12-26(13-16-29)19-27-25(31)35-26/h4-11,14H,2-3,12-13,15-19H2,1H3,(H,27,31). The van der Waals surface area contributed by atoms with Crippen LogP contribution < -0.4 is 14.8 Å². The fraction of sp³-hybridized carbons (Fsp3) is 0.423. The number of hydrogen-bond acceptors (Lipinski definition) is 7. The molecular weight excluding hydrogens is 450 g/mol. The summed E-state index contributed by atoms with van der Waals surface area (Å²) in [4.78, 5) is 30.9. The van der Waals surface area contributed by atoms with Crippen LogP contribution in [0.3, 0.4) is 0 Å². The molecular formula is C26H31N3O6. The molecule has 2 heterocycles. The van der Waals surface area contributed by atoms with Crippen molar-refractivity contribution in [2.24, 2.45) is 5.16 Å². The number of rotatable bonds is 10. The largest absolute Gasteiger partial charge is 0.497 e. The van der Waals surface area contributed by atoms with Gasteiger partial charge < -0.3 is 29.3 Å². The Balaban J connectivity index is 1.11. The van der Waals surface area contributed by atoms with Crippen LogP contribution in [0.2, 0.25) is 0 Å². The van der Waals surface area contributed by atoms with Crippen molar-refractivity contribution in [2.45, 2.75) is 37.9 Å². The van der Waals surface area contributed by atoms with Crippen LogP contribution in [0.1, 0.15) is 30.4 Å². The van der Waals surface area contributed by atoms with Crippen molar-refractivity contribution in [3.8, 4) is 11.5 Å². The van der Waals surface area contributed by atoms with Gasteiger partial charge in [0.15, 0.2) is 6.61 Å². The van der Waals surface area contributed by atoms with Gasteiger partial charge in [0.25, 0.3) is 5.91 Å². The van der Waals surface area contributed by atoms with Gasteiger partial charge in [-0.1, -0.05) is 29.4 Å². The van der Waals surface area contributed by atoms with Gasteiger partial charge in [-0.25, -0.2) is 4.79 Å². The maximum atomic E-state index is 12.5. The summed E-state index contributed by atoms with van der Waals surface area (Å²) in [6, 6.07) is 15.4. The first-order chi connectivity index (χ1) is 17.0. The van der Waals surface area contributed by atoms with Crippen LogP contribution in [-0.2, 0) is 27.4 Å². The third-order valence-electron chi connectivity index (χ3n) is 6.28. The molecule has 1 N–H and O–H groups in total. The number of likely N-dealkylation sites (tertiary alicyclic amines) is 1. The van der Waals surface area contributed by atoms with Crippen LogP contribution in [0.5, 0.6) is 11.5 Å². The molecule has 0 bridgehead atoms. The molecule has 9 heteroatoms. The molecule has 35 heavy (non-hydrogen) atoms. The Bertz CT molecular complexity index is 1010. The molecule has 9 nitrogen and oxygen atoms in total. The SMILES string of the molecule is COc1ccc(CON=CCCc2ccc(OCC(=O)N3CCC4(CC3)CNC(=O)O4)cc2)cc1. The van der Waals surface area contributed by atoms with E-state index in [1.807, 2.05) is 48.5 Å². The van der Waals surface area contributed by atoms with E-state index in [1.165, 1.54) is 0 Å². The Morgan fingerprint density at radius 2 is 1.77 bits per heavy atom. The van der Waals surface area contributed by atoms with Crippen LogP contribution in [-0.4, -0.2) is 62.1 Å². The first-order valence-electron chi connectivity index (χ1n) is 11.8. The molecule has 0 aliphatic carbocycles. The molecule has 2 aliphatic heterocycles. The quantitative estimate of drug-likeness (QED) is 0.413. The monoisotopic (exact) mass is 481 g/mol. The average molecular weight is 482 g/mol. The van der Waals surface area contributed by atoms with Crippen molar-refractivity contribution in [3.05, 3.63) is 59.7 Å². The van der Waals surface area contributed by atoms with E-state index in [0.717, 1.165) is 29.7 Å². The number of nitrogens with one attached hydrogen (secondary N) is 1. The number of benzene rings is 2. The lowest BCUT2D eigenvalue weighted by molar-refractivity contribution is -0.136. The van der Waals surface area contributed by atoms with Gasteiger partial charge in [-0.2, -0.15) is 0 Å². The summed E-state index contributed by atoms with van der Waals surface area (Å²) in [6.45, 7) is 2.03. The third-order valence-corrected chi connectivity index (χ3v) is 6.28. The number of ether oxygens (including phenoxy) is 3. The summed E-state index contributed by atoms with van der Waals surface area (Å²) < 4.78 is 16.2. The summed E-state index contributed by atoms with van der Waals surface area (Å²) in [5, 5.41) is 6.71. The lowest BCUT2D eigenvalue weighted by atomic mass is 9.91. The minimum atomic E-state index is -0.460. The second kappa shape index (κ2) is 11.6. The molecule has 1 spiro atoms. The van der Waals surface area contributed by atoms with Crippen molar-refractivity contribution in [1.82, 2.24) is 10.2 Å². The number of carbonyl (C=O) groups excluding carboxylic acids is 2. The number of aryl methyl sites for hydroxylation is 1. The Morgan fingerprint density at radius 1 is 1.09 bits per heavy atom. The molecule has 0 saturated carbocycles. The van der Waals surface area contributed by atoms with E-state index >= 15 is 0 Å². The van der Waals surface area contributed by atoms with Crippen molar-refractivity contribution in [3.63, 3.8) is 0 Å². The van der Waals surface area contributed by atoms with Crippen molar-refractivity contribution in [1.29, 1.82) is 0 Å². The number of methoxy groups -OCH3 is 1. The lowest BCUT2D eigenvalue weighted by Crippen LogP contribution is -2.49. The van der Waals surface area contributed by atoms with Crippen molar-refractivity contribution >= 4 is 18.2 Å². The number of amides is 2. The zero-order valence-corrected chi connectivity index (χ0v) is 19.9. The molecule has 2 aliphatic rings. The smallest absolute Gasteiger partial charge is 0.407 e. The van der Waals surface area contributed by atoms with Gasteiger partial charge in [0.2, 0.25) is 0 Å². The van der Waals surface area contributed by atoms with Gasteiger partial charge in [0.05, 0.1) is 13.7 Å². The van der Waals surface area contributed by atoms with Gasteiger partial charge in [-0.3, -0.25) is 4.79 Å². The molecule has 186 valence electrons. The van der Waals surface area contributed by atoms with Crippen LogP contribution in [0.4, 0.5) is 4.79 Å². The van der Waals surface area contributed by atoms with Crippen LogP contribution in [0.25, 0.3) is 0 Å². The fourth-order valence-corrected chi connectivity index (χ4v) is 4.10. The van der Waals surface area contributed by atoms with E-state index in [-0.39, 0.29) is 18.6 Å². The number of hydrogen-bond donors (Lipinski definition) is 1. The number of piperidine rings is 1. The molecule has 2 fully saturated rings. The van der Waals surface area contributed by atoms with Crippen LogP contribution in [0, 0.1) is 0 Å². The van der Waals surface area contributed by atoms with E-state index in [1.54, 1.807) is 18.2 Å². The third kappa shape index (κ3) is 6.88. The number of nitrogens with zero attached hydrogens (tertiary/aromatic N) is 2. The zero-order valence-electron chi connectivity index (χ0n) is 19.9. The Labute approximate surface area is 205 Å². The highest BCUT2D eigenvalue weighted by Gasteiger charge is 2.43. The summed E-state index contributed by atoms with van der Waals surface area (Å²) in [5.74, 6) is 1.40. The normalized spacial score (nSPS) is 16.7. The highest BCUT2D eigenvalue weighted by Crippen LogP contribution is 2.29. The molecule has 0 atom stereocenters. The van der Waals surface area contributed by atoms with E-state index in [0.29, 0.717) is 44.8 Å². The van der Waals surface area contributed by atoms with E-state index in [4.69, 9.17) is 19.0 Å². The second-order valence-electron chi connectivity index (χ2n) is 8.69. The Morgan fingerprint density at radius 3 is 2.43 bits per heavy atom. The molecule has 4 rings (SSSR count). The molecule has 2 amide bonds. The Kier molecular flexibility index (Phi) is 8.07. The summed E-state index contributed by atoms with van der Waals surface area (Å²) >= 11 is 0. The highest BCUT2D eigenvalue weighted by molar-refractivity contribution is 5.78. The van der Waals surface area contributed by atoms with Gasteiger partial charge in [0, 0.05) is 32.1 Å². The van der Waals surface area contributed by atoms with Gasteiger partial charge in [-0.15, -0.1) is 0 Å². The summed E-state index contributed by atoms with van der Waals surface area (Å²) in [5.41, 5.74) is 1.71. The summed E-state index contributed by atoms with van der Waals surface area (Å²) in [6.07, 6.45) is 4.25. The van der Waals surface area contributed by atoms with Gasteiger partial charge in [0.1, 0.15) is 23.7 Å². The Hall–Kier alpha value is -3.75. The predicted octanol–water partition coefficient (Wildman–Crippen LogP) is 3.31. The average Bonchev–Trinajstić information content (AvgIpc) is 3.25. The minimum absolute atomic E-state index is 0.0113. The first kappa shape index (κ1) is 24.4. The molecule has 0 aromatic heterocycles. The lowest BCUT2D eigenvalue weighted by Gasteiger charge is -2.37. The van der Waals surface area contributed by atoms with Crippen molar-refractivity contribution in [2.75, 3.05) is 33.4 Å². The molecule has 2 saturated heterocycles. The minimum Gasteiger partial charge on any atom is -0.497 e. The first-order valence-corrected chi connectivity index (χ1v) is 11.8. The zero-order chi connectivity index (χ0) is 24.5. The maximum Gasteiger partial charge on any atom is 0.407 e. The van der Waals surface area contributed by atoms with E-state index < -0.39 is 5.60 Å². The number of carbonyl (C=O) groups is 2. The summed E-state index contributed by atoms with van der Waals surface area (Å²) in [7, 11) is 1.64. The van der Waals surface area contributed by atoms with E-state index in [2.05, 4.69) is 10.5 Å². The highest BCUT2D eigenvalue weighted by atomic mass is 16.6. The fourth-order valence-electron chi connectivity index (χ4n) is 4.10. The molecule has 0 unspecified atom stereocenters. The van der Waals surface area contributed by atoms with Crippen LogP contribution >= 0.6 is 0 Å². The van der Waals surface area contributed by atoms with Gasteiger partial charge in [-0.05, 0) is 48.2 Å². The maximum absolute atomic E-state index is 12.5. The molecule has 2 aromatic carbocycles. The molecule has 0 radical (unpaired) electrons. The predicted molar refractivity (Wildman–Crippen MR) is 130 cm³/mol. The van der Waals surface area contributed by atoms with Crippen molar-refractivity contribution < 1.29 is 28.6 Å². The molecule has 2 aromatic rings. The van der Waals surface area contributed by atoms with E-state index in [9.17, 15) is 9.59 Å². The number of alkyl carbamates (subject to hydrolysis) is 1. The topological polar surface area (TPSA) is 98.7 Å².